The monoisotopic (exact) mass is 438 g/mol. The number of nitrogens with zero attached hydrogens (tertiary/aromatic N) is 3. The number of aliphatic hydroxyl groups is 2. The van der Waals surface area contributed by atoms with E-state index in [1.807, 2.05) is 24.5 Å². The van der Waals surface area contributed by atoms with Gasteiger partial charge >= 0.3 is 0 Å². The molecule has 7 nitrogen and oxygen atoms in total. The van der Waals surface area contributed by atoms with Gasteiger partial charge < -0.3 is 24.8 Å². The average molecular weight is 439 g/mol. The number of thiazole rings is 1. The summed E-state index contributed by atoms with van der Waals surface area (Å²) in [5.74, 6) is 0.709. The second-order valence-corrected chi connectivity index (χ2v) is 9.05. The minimum absolute atomic E-state index is 0.00892. The predicted molar refractivity (Wildman–Crippen MR) is 123 cm³/mol. The Balaban J connectivity index is 1.33. The van der Waals surface area contributed by atoms with Gasteiger partial charge in [0.15, 0.2) is 5.13 Å². The molecule has 2 heterocycles. The number of nitrogens with one attached hydrogen (secondary N) is 1. The van der Waals surface area contributed by atoms with E-state index in [2.05, 4.69) is 33.1 Å². The first-order valence-corrected chi connectivity index (χ1v) is 11.5. The molecule has 2 unspecified atom stereocenters. The second-order valence-electron chi connectivity index (χ2n) is 8.02. The summed E-state index contributed by atoms with van der Waals surface area (Å²) in [7, 11) is 0. The largest absolute Gasteiger partial charge is 0.491 e. The Morgan fingerprint density at radius 1 is 1.13 bits per heavy atom. The molecule has 0 aliphatic heterocycles. The Morgan fingerprint density at radius 2 is 2.03 bits per heavy atom. The quantitative estimate of drug-likeness (QED) is 0.407. The lowest BCUT2D eigenvalue weighted by Crippen LogP contribution is -2.36. The van der Waals surface area contributed by atoms with E-state index in [0.717, 1.165) is 52.1 Å². The first-order valence-electron chi connectivity index (χ1n) is 10.7. The molecule has 1 aliphatic rings. The molecule has 0 amide bonds. The molecule has 1 fully saturated rings. The fourth-order valence-electron chi connectivity index (χ4n) is 4.19. The summed E-state index contributed by atoms with van der Waals surface area (Å²) >= 11 is 1.64. The van der Waals surface area contributed by atoms with E-state index in [1.54, 1.807) is 11.3 Å². The maximum absolute atomic E-state index is 10.2. The molecule has 0 radical (unpaired) electrons. The van der Waals surface area contributed by atoms with Crippen LogP contribution in [0.4, 0.5) is 5.13 Å². The van der Waals surface area contributed by atoms with Crippen molar-refractivity contribution in [3.8, 4) is 5.75 Å². The van der Waals surface area contributed by atoms with E-state index >= 15 is 0 Å². The lowest BCUT2D eigenvalue weighted by Gasteiger charge is -2.27. The number of hydrogen-bond donors (Lipinski definition) is 3. The van der Waals surface area contributed by atoms with Gasteiger partial charge in [0.05, 0.1) is 46.3 Å². The number of hydrogen-bond acceptors (Lipinski definition) is 7. The molecule has 2 aromatic carbocycles. The highest BCUT2D eigenvalue weighted by Crippen LogP contribution is 2.30. The van der Waals surface area contributed by atoms with Crippen molar-refractivity contribution in [1.29, 1.82) is 0 Å². The molecule has 1 aliphatic carbocycles. The van der Waals surface area contributed by atoms with Crippen molar-refractivity contribution in [2.45, 2.75) is 44.4 Å². The van der Waals surface area contributed by atoms with Gasteiger partial charge in [-0.15, -0.1) is 0 Å². The van der Waals surface area contributed by atoms with Crippen molar-refractivity contribution in [2.75, 3.05) is 18.5 Å². The highest BCUT2D eigenvalue weighted by Gasteiger charge is 2.23. The molecular weight excluding hydrogens is 412 g/mol. The van der Waals surface area contributed by atoms with Gasteiger partial charge in [-0.05, 0) is 42.7 Å². The number of benzene rings is 2. The summed E-state index contributed by atoms with van der Waals surface area (Å²) in [5.41, 5.74) is 4.06. The maximum Gasteiger partial charge on any atom is 0.184 e. The smallest absolute Gasteiger partial charge is 0.184 e. The number of ether oxygens (including phenoxy) is 1. The first-order chi connectivity index (χ1) is 15.2. The van der Waals surface area contributed by atoms with Crippen LogP contribution in [0.15, 0.2) is 42.7 Å². The van der Waals surface area contributed by atoms with Crippen LogP contribution in [0.2, 0.25) is 0 Å². The number of imidazole rings is 1. The van der Waals surface area contributed by atoms with Crippen LogP contribution < -0.4 is 10.1 Å². The van der Waals surface area contributed by atoms with Crippen LogP contribution >= 0.6 is 11.3 Å². The maximum atomic E-state index is 10.2. The Hall–Kier alpha value is -2.68. The van der Waals surface area contributed by atoms with E-state index in [0.29, 0.717) is 12.3 Å². The number of rotatable bonds is 7. The Labute approximate surface area is 184 Å². The minimum atomic E-state index is -0.291. The molecule has 0 saturated heterocycles. The fourth-order valence-corrected chi connectivity index (χ4v) is 5.18. The van der Waals surface area contributed by atoms with Gasteiger partial charge in [-0.1, -0.05) is 30.2 Å². The second kappa shape index (κ2) is 8.82. The third-order valence-corrected chi connectivity index (χ3v) is 6.75. The van der Waals surface area contributed by atoms with E-state index in [9.17, 15) is 5.11 Å². The van der Waals surface area contributed by atoms with Crippen molar-refractivity contribution >= 4 is 37.7 Å². The SMILES string of the molecule is OCCOc1ccc2c(c1)ncn2Cc1ccc2nc(NC3CCCCC3O)sc2c1. The fraction of sp³-hybridized carbons (Fsp3) is 0.391. The van der Waals surface area contributed by atoms with E-state index in [4.69, 9.17) is 14.8 Å². The summed E-state index contributed by atoms with van der Waals surface area (Å²) in [4.78, 5) is 9.21. The molecule has 8 heteroatoms. The summed E-state index contributed by atoms with van der Waals surface area (Å²) in [5, 5.41) is 23.5. The van der Waals surface area contributed by atoms with Gasteiger partial charge in [-0.25, -0.2) is 9.97 Å². The molecule has 0 bridgehead atoms. The lowest BCUT2D eigenvalue weighted by molar-refractivity contribution is 0.116. The summed E-state index contributed by atoms with van der Waals surface area (Å²) < 4.78 is 8.73. The molecular formula is C23H26N4O3S. The average Bonchev–Trinajstić information content (AvgIpc) is 3.37. The van der Waals surface area contributed by atoms with Crippen molar-refractivity contribution in [2.24, 2.45) is 0 Å². The third-order valence-electron chi connectivity index (χ3n) is 5.80. The van der Waals surface area contributed by atoms with Crippen LogP contribution in [-0.4, -0.2) is 50.1 Å². The Morgan fingerprint density at radius 3 is 2.90 bits per heavy atom. The van der Waals surface area contributed by atoms with E-state index < -0.39 is 0 Å². The zero-order chi connectivity index (χ0) is 21.2. The lowest BCUT2D eigenvalue weighted by atomic mass is 9.93. The summed E-state index contributed by atoms with van der Waals surface area (Å²) in [6.07, 6.45) is 5.65. The van der Waals surface area contributed by atoms with Crippen molar-refractivity contribution < 1.29 is 14.9 Å². The minimum Gasteiger partial charge on any atom is -0.491 e. The van der Waals surface area contributed by atoms with Gasteiger partial charge in [0.25, 0.3) is 0 Å². The zero-order valence-electron chi connectivity index (χ0n) is 17.2. The molecule has 2 atom stereocenters. The normalized spacial score (nSPS) is 19.2. The van der Waals surface area contributed by atoms with Gasteiger partial charge in [-0.2, -0.15) is 0 Å². The molecule has 162 valence electrons. The van der Waals surface area contributed by atoms with Crippen molar-refractivity contribution in [3.05, 3.63) is 48.3 Å². The molecule has 1 saturated carbocycles. The third kappa shape index (κ3) is 4.37. The van der Waals surface area contributed by atoms with Crippen LogP contribution in [0.25, 0.3) is 21.3 Å². The Kier molecular flexibility index (Phi) is 5.76. The van der Waals surface area contributed by atoms with E-state index in [1.165, 1.54) is 5.56 Å². The van der Waals surface area contributed by atoms with Crippen molar-refractivity contribution in [3.63, 3.8) is 0 Å². The molecule has 0 spiro atoms. The highest BCUT2D eigenvalue weighted by molar-refractivity contribution is 7.22. The van der Waals surface area contributed by atoms with Crippen LogP contribution in [0.5, 0.6) is 5.75 Å². The zero-order valence-corrected chi connectivity index (χ0v) is 18.0. The molecule has 4 aromatic rings. The van der Waals surface area contributed by atoms with Gasteiger partial charge in [0, 0.05) is 12.6 Å². The van der Waals surface area contributed by atoms with Gasteiger partial charge in [-0.3, -0.25) is 0 Å². The van der Waals surface area contributed by atoms with Crippen LogP contribution in [0.1, 0.15) is 31.2 Å². The molecule has 5 rings (SSSR count). The molecule has 31 heavy (non-hydrogen) atoms. The number of aromatic nitrogens is 3. The number of aliphatic hydroxyl groups excluding tert-OH is 2. The molecule has 2 aromatic heterocycles. The summed E-state index contributed by atoms with van der Waals surface area (Å²) in [6.45, 7) is 0.980. The predicted octanol–water partition coefficient (Wildman–Crippen LogP) is 3.78. The van der Waals surface area contributed by atoms with Crippen LogP contribution in [0, 0.1) is 0 Å². The first kappa shape index (κ1) is 20.2. The van der Waals surface area contributed by atoms with Crippen LogP contribution in [0.3, 0.4) is 0 Å². The number of fused-ring (bicyclic) bond motifs is 2. The van der Waals surface area contributed by atoms with Crippen LogP contribution in [-0.2, 0) is 6.54 Å². The van der Waals surface area contributed by atoms with Gasteiger partial charge in [0.1, 0.15) is 12.4 Å². The summed E-state index contributed by atoms with van der Waals surface area (Å²) in [6, 6.07) is 12.2. The van der Waals surface area contributed by atoms with Crippen molar-refractivity contribution in [1.82, 2.24) is 14.5 Å². The highest BCUT2D eigenvalue weighted by atomic mass is 32.1. The van der Waals surface area contributed by atoms with E-state index in [-0.39, 0.29) is 25.4 Å². The molecule has 3 N–H and O–H groups in total. The topological polar surface area (TPSA) is 92.4 Å². The Bertz CT molecular complexity index is 1190. The van der Waals surface area contributed by atoms with Gasteiger partial charge in [0.2, 0.25) is 0 Å². The number of anilines is 1. The standard InChI is InChI=1S/C23H26N4O3S/c28-9-10-30-16-6-8-20-19(12-16)24-14-27(20)13-15-5-7-18-22(11-15)31-23(26-18)25-17-3-1-2-4-21(17)29/h5-8,11-12,14,17,21,28-29H,1-4,9-10,13H2,(H,25,26).